The van der Waals surface area contributed by atoms with E-state index in [1.54, 1.807) is 17.1 Å². The van der Waals surface area contributed by atoms with Crippen molar-refractivity contribution in [2.75, 3.05) is 6.54 Å². The van der Waals surface area contributed by atoms with Crippen LogP contribution in [-0.2, 0) is 9.59 Å². The highest BCUT2D eigenvalue weighted by Crippen LogP contribution is 2.30. The summed E-state index contributed by atoms with van der Waals surface area (Å²) in [4.78, 5) is 25.1. The molecular formula is C17H20BrNO2. The lowest BCUT2D eigenvalue weighted by molar-refractivity contribution is -0.128. The lowest BCUT2D eigenvalue weighted by Gasteiger charge is -2.30. The number of aldehydes is 1. The third-order valence-corrected chi connectivity index (χ3v) is 3.79. The van der Waals surface area contributed by atoms with Crippen molar-refractivity contribution in [3.8, 4) is 0 Å². The summed E-state index contributed by atoms with van der Waals surface area (Å²) in [5.74, 6) is -0.112. The molecule has 0 bridgehead atoms. The van der Waals surface area contributed by atoms with Crippen LogP contribution in [0.3, 0.4) is 0 Å². The largest absolute Gasteiger partial charge is 0.328 e. The Kier molecular flexibility index (Phi) is 7.69. The Balaban J connectivity index is 3.17. The molecule has 0 radical (unpaired) electrons. The summed E-state index contributed by atoms with van der Waals surface area (Å²) in [6, 6.07) is 7.33. The normalized spacial score (nSPS) is 12.1. The first-order chi connectivity index (χ1) is 10.2. The minimum absolute atomic E-state index is 0.112. The van der Waals surface area contributed by atoms with Crippen molar-refractivity contribution in [2.24, 2.45) is 0 Å². The molecule has 0 N–H and O–H groups in total. The van der Waals surface area contributed by atoms with Gasteiger partial charge in [-0.2, -0.15) is 0 Å². The number of halogens is 1. The molecule has 0 aromatic heterocycles. The second-order valence-corrected chi connectivity index (χ2v) is 5.38. The smallest absolute Gasteiger partial charge is 0.247 e. The van der Waals surface area contributed by atoms with E-state index in [4.69, 9.17) is 0 Å². The number of hydrogen-bond acceptors (Lipinski definition) is 2. The van der Waals surface area contributed by atoms with E-state index in [2.05, 4.69) is 22.5 Å². The zero-order valence-electron chi connectivity index (χ0n) is 12.2. The van der Waals surface area contributed by atoms with Crippen molar-refractivity contribution in [3.63, 3.8) is 0 Å². The van der Waals surface area contributed by atoms with Crippen LogP contribution in [0.2, 0.25) is 0 Å². The average molecular weight is 350 g/mol. The second kappa shape index (κ2) is 9.29. The van der Waals surface area contributed by atoms with Crippen LogP contribution in [0.5, 0.6) is 0 Å². The number of carbonyl (C=O) groups is 2. The maximum atomic E-state index is 12.4. The maximum absolute atomic E-state index is 12.4. The molecule has 0 aliphatic rings. The Labute approximate surface area is 134 Å². The van der Waals surface area contributed by atoms with Gasteiger partial charge in [0.1, 0.15) is 6.29 Å². The summed E-state index contributed by atoms with van der Waals surface area (Å²) < 4.78 is 0.887. The summed E-state index contributed by atoms with van der Waals surface area (Å²) >= 11 is 3.49. The fraction of sp³-hybridized carbons (Fsp3) is 0.294. The third-order valence-electron chi connectivity index (χ3n) is 3.06. The van der Waals surface area contributed by atoms with Crippen LogP contribution in [0.25, 0.3) is 0 Å². The maximum Gasteiger partial charge on any atom is 0.247 e. The van der Waals surface area contributed by atoms with Gasteiger partial charge in [0, 0.05) is 17.4 Å². The molecule has 4 heteroatoms. The molecule has 1 aromatic carbocycles. The van der Waals surface area contributed by atoms with E-state index in [-0.39, 0.29) is 18.4 Å². The fourth-order valence-electron chi connectivity index (χ4n) is 2.08. The molecule has 1 aromatic rings. The van der Waals surface area contributed by atoms with E-state index in [1.807, 2.05) is 37.3 Å². The highest BCUT2D eigenvalue weighted by Gasteiger charge is 2.24. The molecule has 1 amide bonds. The first-order valence-electron chi connectivity index (χ1n) is 6.91. The molecule has 0 aliphatic carbocycles. The molecule has 3 nitrogen and oxygen atoms in total. The fourth-order valence-corrected chi connectivity index (χ4v) is 2.63. The number of allylic oxidation sites excluding steroid dienone is 1. The molecule has 0 spiro atoms. The third kappa shape index (κ3) is 4.97. The first kappa shape index (κ1) is 17.4. The Morgan fingerprint density at radius 3 is 2.71 bits per heavy atom. The molecular weight excluding hydrogens is 330 g/mol. The monoisotopic (exact) mass is 349 g/mol. The van der Waals surface area contributed by atoms with E-state index in [1.165, 1.54) is 0 Å². The molecule has 1 atom stereocenters. The predicted molar refractivity (Wildman–Crippen MR) is 88.9 cm³/mol. The number of nitrogens with zero attached hydrogens (tertiary/aromatic N) is 1. The number of rotatable bonds is 8. The van der Waals surface area contributed by atoms with Crippen LogP contribution < -0.4 is 0 Å². The van der Waals surface area contributed by atoms with E-state index < -0.39 is 0 Å². The molecule has 0 saturated carbocycles. The van der Waals surface area contributed by atoms with Gasteiger partial charge < -0.3 is 9.69 Å². The lowest BCUT2D eigenvalue weighted by atomic mass is 10.0. The van der Waals surface area contributed by atoms with Crippen LogP contribution in [0, 0.1) is 0 Å². The van der Waals surface area contributed by atoms with Crippen LogP contribution in [0.4, 0.5) is 0 Å². The average Bonchev–Trinajstić information content (AvgIpc) is 2.49. The van der Waals surface area contributed by atoms with E-state index in [0.29, 0.717) is 6.54 Å². The Morgan fingerprint density at radius 2 is 2.14 bits per heavy atom. The van der Waals surface area contributed by atoms with Crippen molar-refractivity contribution < 1.29 is 9.59 Å². The standard InChI is InChI=1S/C17H20BrNO2/c1-3-5-10-17(21)19(12-4-2)16(11-13-20)14-8-6-7-9-15(14)18/h4-10,13,16H,2-3,11-12H2,1H3/b10-5+. The zero-order valence-corrected chi connectivity index (χ0v) is 13.8. The van der Waals surface area contributed by atoms with Gasteiger partial charge in [-0.05, 0) is 24.1 Å². The van der Waals surface area contributed by atoms with Gasteiger partial charge >= 0.3 is 0 Å². The second-order valence-electron chi connectivity index (χ2n) is 4.53. The number of benzene rings is 1. The minimum Gasteiger partial charge on any atom is -0.328 e. The highest BCUT2D eigenvalue weighted by molar-refractivity contribution is 9.10. The lowest BCUT2D eigenvalue weighted by Crippen LogP contribution is -2.34. The summed E-state index contributed by atoms with van der Waals surface area (Å²) in [6.45, 7) is 6.07. The number of hydrogen-bond donors (Lipinski definition) is 0. The van der Waals surface area contributed by atoms with Gasteiger partial charge in [-0.3, -0.25) is 4.79 Å². The van der Waals surface area contributed by atoms with Gasteiger partial charge in [-0.1, -0.05) is 53.2 Å². The molecule has 112 valence electrons. The molecule has 0 heterocycles. The van der Waals surface area contributed by atoms with Gasteiger partial charge in [0.2, 0.25) is 5.91 Å². The Hall–Kier alpha value is -1.68. The minimum atomic E-state index is -0.301. The van der Waals surface area contributed by atoms with Gasteiger partial charge in [0.25, 0.3) is 0 Å². The van der Waals surface area contributed by atoms with Crippen molar-refractivity contribution in [1.82, 2.24) is 4.90 Å². The molecule has 1 rings (SSSR count). The summed E-state index contributed by atoms with van der Waals surface area (Å²) in [7, 11) is 0. The Morgan fingerprint density at radius 1 is 1.43 bits per heavy atom. The van der Waals surface area contributed by atoms with Crippen molar-refractivity contribution >= 4 is 28.1 Å². The first-order valence-corrected chi connectivity index (χ1v) is 7.71. The number of carbonyl (C=O) groups excluding carboxylic acids is 2. The van der Waals surface area contributed by atoms with E-state index in [0.717, 1.165) is 22.7 Å². The summed E-state index contributed by atoms with van der Waals surface area (Å²) in [5.41, 5.74) is 0.921. The van der Waals surface area contributed by atoms with Crippen LogP contribution in [0.1, 0.15) is 31.4 Å². The molecule has 0 aliphatic heterocycles. The molecule has 21 heavy (non-hydrogen) atoms. The van der Waals surface area contributed by atoms with Crippen molar-refractivity contribution in [3.05, 3.63) is 59.1 Å². The van der Waals surface area contributed by atoms with E-state index in [9.17, 15) is 9.59 Å². The highest BCUT2D eigenvalue weighted by atomic mass is 79.9. The molecule has 0 fully saturated rings. The van der Waals surface area contributed by atoms with Crippen LogP contribution >= 0.6 is 15.9 Å². The Bertz CT molecular complexity index is 525. The SMILES string of the molecule is C=CCN(C(=O)/C=C/CC)C(CC=O)c1ccccc1Br. The summed E-state index contributed by atoms with van der Waals surface area (Å²) in [5, 5.41) is 0. The number of amides is 1. The van der Waals surface area contributed by atoms with Crippen LogP contribution in [0.15, 0.2) is 53.5 Å². The van der Waals surface area contributed by atoms with Gasteiger partial charge in [0.05, 0.1) is 6.04 Å². The van der Waals surface area contributed by atoms with Gasteiger partial charge in [-0.15, -0.1) is 6.58 Å². The molecule has 1 unspecified atom stereocenters. The van der Waals surface area contributed by atoms with Crippen molar-refractivity contribution in [2.45, 2.75) is 25.8 Å². The predicted octanol–water partition coefficient (Wildman–Crippen LogP) is 4.06. The van der Waals surface area contributed by atoms with Crippen molar-refractivity contribution in [1.29, 1.82) is 0 Å². The summed E-state index contributed by atoms with van der Waals surface area (Å²) in [6.07, 6.45) is 6.93. The van der Waals surface area contributed by atoms with Gasteiger partial charge in [-0.25, -0.2) is 0 Å². The zero-order chi connectivity index (χ0) is 15.7. The van der Waals surface area contributed by atoms with E-state index >= 15 is 0 Å². The quantitative estimate of drug-likeness (QED) is 0.403. The molecule has 0 saturated heterocycles. The van der Waals surface area contributed by atoms with Crippen LogP contribution in [-0.4, -0.2) is 23.6 Å². The topological polar surface area (TPSA) is 37.4 Å². The van der Waals surface area contributed by atoms with Gasteiger partial charge in [0.15, 0.2) is 0 Å².